The van der Waals surface area contributed by atoms with Crippen molar-refractivity contribution in [2.75, 3.05) is 4.72 Å². The molecule has 2 rings (SSSR count). The van der Waals surface area contributed by atoms with Crippen LogP contribution in [-0.4, -0.2) is 8.42 Å². The zero-order valence-electron chi connectivity index (χ0n) is 12.9. The third-order valence-corrected chi connectivity index (χ3v) is 5.45. The van der Waals surface area contributed by atoms with Crippen molar-refractivity contribution in [2.45, 2.75) is 30.8 Å². The van der Waals surface area contributed by atoms with Gasteiger partial charge in [0.1, 0.15) is 0 Å². The molecular formula is C16H15BrF3NO2S. The molecular weight excluding hydrogens is 407 g/mol. The van der Waals surface area contributed by atoms with Crippen LogP contribution in [0, 0.1) is 0 Å². The average Bonchev–Trinajstić information content (AvgIpc) is 2.46. The van der Waals surface area contributed by atoms with E-state index in [-0.39, 0.29) is 16.1 Å². The molecule has 0 amide bonds. The Morgan fingerprint density at radius 2 is 1.62 bits per heavy atom. The highest BCUT2D eigenvalue weighted by molar-refractivity contribution is 9.10. The first-order valence-electron chi connectivity index (χ1n) is 7.00. The fourth-order valence-corrected chi connectivity index (χ4v) is 3.59. The van der Waals surface area contributed by atoms with Gasteiger partial charge in [-0.15, -0.1) is 0 Å². The summed E-state index contributed by atoms with van der Waals surface area (Å²) >= 11 is 2.79. The molecule has 0 heterocycles. The Kier molecular flexibility index (Phi) is 5.29. The third-order valence-electron chi connectivity index (χ3n) is 3.38. The lowest BCUT2D eigenvalue weighted by Crippen LogP contribution is -2.15. The summed E-state index contributed by atoms with van der Waals surface area (Å²) in [7, 11) is -4.12. The van der Waals surface area contributed by atoms with Crippen molar-refractivity contribution < 1.29 is 21.6 Å². The lowest BCUT2D eigenvalue weighted by atomic mass is 10.0. The third kappa shape index (κ3) is 4.30. The Balaban J connectivity index is 2.34. The number of hydrogen-bond donors (Lipinski definition) is 1. The first-order valence-corrected chi connectivity index (χ1v) is 9.28. The first kappa shape index (κ1) is 18.8. The predicted molar refractivity (Wildman–Crippen MR) is 90.5 cm³/mol. The number of nitrogens with one attached hydrogen (secondary N) is 1. The van der Waals surface area contributed by atoms with Gasteiger partial charge in [-0.2, -0.15) is 13.2 Å². The normalized spacial score (nSPS) is 12.5. The average molecular weight is 422 g/mol. The Bertz CT molecular complexity index is 831. The molecule has 0 aliphatic rings. The van der Waals surface area contributed by atoms with Crippen LogP contribution in [0.4, 0.5) is 18.9 Å². The molecule has 130 valence electrons. The van der Waals surface area contributed by atoms with E-state index in [1.54, 1.807) is 24.3 Å². The molecule has 3 nitrogen and oxygen atoms in total. The van der Waals surface area contributed by atoms with Crippen LogP contribution in [0.25, 0.3) is 0 Å². The van der Waals surface area contributed by atoms with Crippen molar-refractivity contribution in [2.24, 2.45) is 0 Å². The zero-order valence-corrected chi connectivity index (χ0v) is 15.3. The molecule has 0 aliphatic heterocycles. The summed E-state index contributed by atoms with van der Waals surface area (Å²) in [5, 5.41) is 0. The van der Waals surface area contributed by atoms with E-state index in [0.717, 1.165) is 17.7 Å². The van der Waals surface area contributed by atoms with Gasteiger partial charge in [-0.25, -0.2) is 8.42 Å². The van der Waals surface area contributed by atoms with Crippen LogP contribution < -0.4 is 4.72 Å². The molecule has 24 heavy (non-hydrogen) atoms. The second-order valence-corrected chi connectivity index (χ2v) is 8.06. The standard InChI is InChI=1S/C16H15BrF3NO2S/c1-10(2)11-3-5-12(6-4-11)21-24(22,23)13-7-8-15(17)14(9-13)16(18,19)20/h3-10,21H,1-2H3. The van der Waals surface area contributed by atoms with Gasteiger partial charge in [-0.3, -0.25) is 4.72 Å². The predicted octanol–water partition coefficient (Wildman–Crippen LogP) is 5.39. The van der Waals surface area contributed by atoms with Crippen molar-refractivity contribution in [1.29, 1.82) is 0 Å². The molecule has 8 heteroatoms. The second-order valence-electron chi connectivity index (χ2n) is 5.52. The van der Waals surface area contributed by atoms with Crippen LogP contribution >= 0.6 is 15.9 Å². The van der Waals surface area contributed by atoms with E-state index in [1.165, 1.54) is 0 Å². The van der Waals surface area contributed by atoms with Gasteiger partial charge in [-0.05, 0) is 41.8 Å². The number of hydrogen-bond acceptors (Lipinski definition) is 2. The minimum absolute atomic E-state index is 0.213. The fraction of sp³-hybridized carbons (Fsp3) is 0.250. The van der Waals surface area contributed by atoms with Gasteiger partial charge >= 0.3 is 6.18 Å². The summed E-state index contributed by atoms with van der Waals surface area (Å²) in [5.74, 6) is 0.288. The lowest BCUT2D eigenvalue weighted by Gasteiger charge is -2.13. The quantitative estimate of drug-likeness (QED) is 0.718. The molecule has 0 radical (unpaired) electrons. The monoisotopic (exact) mass is 421 g/mol. The highest BCUT2D eigenvalue weighted by atomic mass is 79.9. The number of anilines is 1. The van der Waals surface area contributed by atoms with Crippen molar-refractivity contribution in [1.82, 2.24) is 0 Å². The fourth-order valence-electron chi connectivity index (χ4n) is 2.04. The second kappa shape index (κ2) is 6.76. The summed E-state index contributed by atoms with van der Waals surface area (Å²) in [6.07, 6.45) is -4.65. The largest absolute Gasteiger partial charge is 0.417 e. The van der Waals surface area contributed by atoms with E-state index in [0.29, 0.717) is 6.07 Å². The zero-order chi connectivity index (χ0) is 18.1. The minimum Gasteiger partial charge on any atom is -0.280 e. The summed E-state index contributed by atoms with van der Waals surface area (Å²) in [4.78, 5) is -0.453. The maximum atomic E-state index is 12.9. The first-order chi connectivity index (χ1) is 11.0. The van der Waals surface area contributed by atoms with E-state index in [9.17, 15) is 21.6 Å². The summed E-state index contributed by atoms with van der Waals surface area (Å²) in [6.45, 7) is 4.00. The van der Waals surface area contributed by atoms with Crippen molar-refractivity contribution in [3.63, 3.8) is 0 Å². The SMILES string of the molecule is CC(C)c1ccc(NS(=O)(=O)c2ccc(Br)c(C(F)(F)F)c2)cc1. The van der Waals surface area contributed by atoms with Crippen LogP contribution in [-0.2, 0) is 16.2 Å². The summed E-state index contributed by atoms with van der Waals surface area (Å²) in [6, 6.07) is 9.49. The highest BCUT2D eigenvalue weighted by Crippen LogP contribution is 2.36. The van der Waals surface area contributed by atoms with Crippen LogP contribution in [0.2, 0.25) is 0 Å². The Morgan fingerprint density at radius 1 is 1.04 bits per heavy atom. The molecule has 0 saturated heterocycles. The van der Waals surface area contributed by atoms with E-state index in [1.807, 2.05) is 13.8 Å². The summed E-state index contributed by atoms with van der Waals surface area (Å²) in [5.41, 5.74) is 0.275. The molecule has 0 spiro atoms. The number of halogens is 4. The van der Waals surface area contributed by atoms with E-state index in [2.05, 4.69) is 20.7 Å². The van der Waals surface area contributed by atoms with E-state index in [4.69, 9.17) is 0 Å². The van der Waals surface area contributed by atoms with E-state index < -0.39 is 26.7 Å². The number of benzene rings is 2. The Labute approximate surface area is 147 Å². The van der Waals surface area contributed by atoms with Crippen LogP contribution in [0.15, 0.2) is 51.8 Å². The number of sulfonamides is 1. The molecule has 0 atom stereocenters. The smallest absolute Gasteiger partial charge is 0.280 e. The molecule has 2 aromatic rings. The maximum absolute atomic E-state index is 12.9. The van der Waals surface area contributed by atoms with Gasteiger partial charge in [0.2, 0.25) is 0 Å². The molecule has 0 fully saturated rings. The van der Waals surface area contributed by atoms with Gasteiger partial charge in [0, 0.05) is 10.2 Å². The Hall–Kier alpha value is -1.54. The Morgan fingerprint density at radius 3 is 2.12 bits per heavy atom. The van der Waals surface area contributed by atoms with Gasteiger partial charge in [0.05, 0.1) is 10.5 Å². The molecule has 0 aromatic heterocycles. The molecule has 0 bridgehead atoms. The van der Waals surface area contributed by atoms with E-state index >= 15 is 0 Å². The maximum Gasteiger partial charge on any atom is 0.417 e. The van der Waals surface area contributed by atoms with Gasteiger partial charge in [0.15, 0.2) is 0 Å². The topological polar surface area (TPSA) is 46.2 Å². The van der Waals surface area contributed by atoms with Crippen LogP contribution in [0.5, 0.6) is 0 Å². The molecule has 0 aliphatic carbocycles. The van der Waals surface area contributed by atoms with Crippen LogP contribution in [0.1, 0.15) is 30.9 Å². The minimum atomic E-state index is -4.65. The molecule has 0 saturated carbocycles. The van der Waals surface area contributed by atoms with Gasteiger partial charge in [0.25, 0.3) is 10.0 Å². The van der Waals surface area contributed by atoms with Crippen LogP contribution in [0.3, 0.4) is 0 Å². The summed E-state index contributed by atoms with van der Waals surface area (Å²) < 4.78 is 65.5. The van der Waals surface area contributed by atoms with Crippen molar-refractivity contribution in [3.05, 3.63) is 58.1 Å². The van der Waals surface area contributed by atoms with Crippen molar-refractivity contribution >= 4 is 31.6 Å². The highest BCUT2D eigenvalue weighted by Gasteiger charge is 2.34. The lowest BCUT2D eigenvalue weighted by molar-refractivity contribution is -0.138. The molecule has 1 N–H and O–H groups in total. The number of rotatable bonds is 4. The molecule has 0 unspecified atom stereocenters. The van der Waals surface area contributed by atoms with Gasteiger partial charge in [-0.1, -0.05) is 41.9 Å². The van der Waals surface area contributed by atoms with Gasteiger partial charge < -0.3 is 0 Å². The number of alkyl halides is 3. The van der Waals surface area contributed by atoms with Crippen molar-refractivity contribution in [3.8, 4) is 0 Å². The molecule has 2 aromatic carbocycles.